The Balaban J connectivity index is 2.41. The number of aryl methyl sites for hydroxylation is 1. The molecule has 1 aromatic rings. The highest BCUT2D eigenvalue weighted by Gasteiger charge is 2.50. The lowest BCUT2D eigenvalue weighted by atomic mass is 9.87. The third kappa shape index (κ3) is 1.80. The fourth-order valence-electron chi connectivity index (χ4n) is 3.29. The summed E-state index contributed by atoms with van der Waals surface area (Å²) >= 11 is 1.80. The lowest BCUT2D eigenvalue weighted by Gasteiger charge is -2.32. The maximum Gasteiger partial charge on any atom is 0.113 e. The summed E-state index contributed by atoms with van der Waals surface area (Å²) in [7, 11) is 2.08. The van der Waals surface area contributed by atoms with Crippen molar-refractivity contribution in [3.63, 3.8) is 0 Å². The fraction of sp³-hybridized carbons (Fsp3) is 0.769. The van der Waals surface area contributed by atoms with Crippen molar-refractivity contribution in [3.8, 4) is 0 Å². The molecule has 1 heterocycles. The molecule has 90 valence electrons. The molecule has 2 atom stereocenters. The molecule has 1 saturated carbocycles. The number of hydrogen-bond acceptors (Lipinski definition) is 3. The normalized spacial score (nSPS) is 33.2. The molecule has 16 heavy (non-hydrogen) atoms. The van der Waals surface area contributed by atoms with Crippen molar-refractivity contribution in [3.05, 3.63) is 16.1 Å². The molecule has 1 aliphatic carbocycles. The van der Waals surface area contributed by atoms with Gasteiger partial charge in [0.15, 0.2) is 0 Å². The lowest BCUT2D eigenvalue weighted by Crippen LogP contribution is -2.42. The zero-order valence-corrected chi connectivity index (χ0v) is 11.7. The Morgan fingerprint density at radius 2 is 2.19 bits per heavy atom. The molecule has 2 rings (SSSR count). The Morgan fingerprint density at radius 3 is 2.56 bits per heavy atom. The first kappa shape index (κ1) is 12.1. The van der Waals surface area contributed by atoms with Crippen molar-refractivity contribution >= 4 is 11.3 Å². The second-order valence-corrected chi connectivity index (χ2v) is 6.82. The molecule has 0 aromatic carbocycles. The molecule has 0 aliphatic heterocycles. The van der Waals surface area contributed by atoms with E-state index in [0.717, 1.165) is 5.69 Å². The molecule has 1 fully saturated rings. The van der Waals surface area contributed by atoms with Crippen LogP contribution < -0.4 is 5.32 Å². The van der Waals surface area contributed by atoms with Gasteiger partial charge in [-0.15, -0.1) is 11.3 Å². The Kier molecular flexibility index (Phi) is 2.87. The van der Waals surface area contributed by atoms with Gasteiger partial charge in [-0.3, -0.25) is 0 Å². The number of nitrogens with one attached hydrogen (secondary N) is 1. The average molecular weight is 238 g/mol. The summed E-state index contributed by atoms with van der Waals surface area (Å²) < 4.78 is 0. The van der Waals surface area contributed by atoms with Gasteiger partial charge in [-0.1, -0.05) is 20.8 Å². The summed E-state index contributed by atoms with van der Waals surface area (Å²) in [6, 6.07) is 0. The Hall–Kier alpha value is -0.410. The molecule has 0 radical (unpaired) electrons. The van der Waals surface area contributed by atoms with Crippen molar-refractivity contribution in [2.45, 2.75) is 46.1 Å². The van der Waals surface area contributed by atoms with E-state index < -0.39 is 0 Å². The van der Waals surface area contributed by atoms with Gasteiger partial charge >= 0.3 is 0 Å². The zero-order chi connectivity index (χ0) is 12.0. The van der Waals surface area contributed by atoms with E-state index in [9.17, 15) is 0 Å². The van der Waals surface area contributed by atoms with Crippen LogP contribution in [0.1, 0.15) is 44.3 Å². The smallest absolute Gasteiger partial charge is 0.113 e. The van der Waals surface area contributed by atoms with Crippen LogP contribution in [0, 0.1) is 18.3 Å². The minimum Gasteiger partial charge on any atom is -0.308 e. The summed E-state index contributed by atoms with van der Waals surface area (Å²) in [6.45, 7) is 9.15. The minimum absolute atomic E-state index is 0.0996. The van der Waals surface area contributed by atoms with Crippen LogP contribution in [-0.4, -0.2) is 12.0 Å². The summed E-state index contributed by atoms with van der Waals surface area (Å²) in [5, 5.41) is 6.99. The second-order valence-electron chi connectivity index (χ2n) is 5.96. The first-order valence-electron chi connectivity index (χ1n) is 6.01. The predicted octanol–water partition coefficient (Wildman–Crippen LogP) is 3.32. The molecular formula is C13H22N2S. The Labute approximate surface area is 102 Å². The van der Waals surface area contributed by atoms with Crippen molar-refractivity contribution in [2.24, 2.45) is 11.3 Å². The summed E-state index contributed by atoms with van der Waals surface area (Å²) in [6.07, 6.45) is 2.46. The van der Waals surface area contributed by atoms with Gasteiger partial charge in [0.2, 0.25) is 0 Å². The van der Waals surface area contributed by atoms with Gasteiger partial charge in [0.05, 0.1) is 5.54 Å². The molecule has 0 amide bonds. The highest BCUT2D eigenvalue weighted by Crippen LogP contribution is 2.52. The van der Waals surface area contributed by atoms with E-state index >= 15 is 0 Å². The SMILES string of the molecule is CNC1(c2nc(C)cs2)CC(C)(C)CC1C. The van der Waals surface area contributed by atoms with Crippen LogP contribution in [0.15, 0.2) is 5.38 Å². The standard InChI is InChI=1S/C13H22N2S/c1-9-6-12(3,4)8-13(9,14-5)11-15-10(2)7-16-11/h7,9,14H,6,8H2,1-5H3. The van der Waals surface area contributed by atoms with E-state index in [1.807, 2.05) is 0 Å². The second kappa shape index (κ2) is 3.81. The Bertz CT molecular complexity index is 383. The third-order valence-electron chi connectivity index (χ3n) is 3.90. The van der Waals surface area contributed by atoms with Gasteiger partial charge in [0.25, 0.3) is 0 Å². The van der Waals surface area contributed by atoms with Crippen molar-refractivity contribution in [1.82, 2.24) is 10.3 Å². The quantitative estimate of drug-likeness (QED) is 0.855. The van der Waals surface area contributed by atoms with Gasteiger partial charge in [-0.25, -0.2) is 4.98 Å². The highest BCUT2D eigenvalue weighted by molar-refractivity contribution is 7.09. The first-order valence-corrected chi connectivity index (χ1v) is 6.89. The molecule has 0 spiro atoms. The number of rotatable bonds is 2. The van der Waals surface area contributed by atoms with Crippen LogP contribution in [0.4, 0.5) is 0 Å². The van der Waals surface area contributed by atoms with Gasteiger partial charge in [0.1, 0.15) is 5.01 Å². The van der Waals surface area contributed by atoms with E-state index in [2.05, 4.69) is 45.4 Å². The van der Waals surface area contributed by atoms with Crippen LogP contribution in [-0.2, 0) is 5.54 Å². The van der Waals surface area contributed by atoms with Gasteiger partial charge in [-0.2, -0.15) is 0 Å². The summed E-state index contributed by atoms with van der Waals surface area (Å²) in [5.74, 6) is 0.651. The predicted molar refractivity (Wildman–Crippen MR) is 69.8 cm³/mol. The molecular weight excluding hydrogens is 216 g/mol. The maximum atomic E-state index is 4.71. The minimum atomic E-state index is 0.0996. The van der Waals surface area contributed by atoms with E-state index in [4.69, 9.17) is 4.98 Å². The molecule has 3 heteroatoms. The molecule has 0 saturated heterocycles. The van der Waals surface area contributed by atoms with E-state index in [0.29, 0.717) is 11.3 Å². The molecule has 1 N–H and O–H groups in total. The summed E-state index contributed by atoms with van der Waals surface area (Å²) in [4.78, 5) is 4.71. The van der Waals surface area contributed by atoms with Crippen LogP contribution in [0.25, 0.3) is 0 Å². The number of hydrogen-bond donors (Lipinski definition) is 1. The molecule has 2 nitrogen and oxygen atoms in total. The van der Waals surface area contributed by atoms with Crippen molar-refractivity contribution in [2.75, 3.05) is 7.05 Å². The maximum absolute atomic E-state index is 4.71. The molecule has 1 aliphatic rings. The topological polar surface area (TPSA) is 24.9 Å². The van der Waals surface area contributed by atoms with Crippen molar-refractivity contribution < 1.29 is 0 Å². The number of thiazole rings is 1. The van der Waals surface area contributed by atoms with Gasteiger partial charge < -0.3 is 5.32 Å². The van der Waals surface area contributed by atoms with Crippen LogP contribution >= 0.6 is 11.3 Å². The molecule has 1 aromatic heterocycles. The summed E-state index contributed by atoms with van der Waals surface area (Å²) in [5.41, 5.74) is 1.66. The third-order valence-corrected chi connectivity index (χ3v) is 5.04. The largest absolute Gasteiger partial charge is 0.308 e. The Morgan fingerprint density at radius 1 is 1.50 bits per heavy atom. The van der Waals surface area contributed by atoms with Gasteiger partial charge in [-0.05, 0) is 38.1 Å². The molecule has 2 unspecified atom stereocenters. The molecule has 0 bridgehead atoms. The zero-order valence-electron chi connectivity index (χ0n) is 10.9. The van der Waals surface area contributed by atoms with Crippen molar-refractivity contribution in [1.29, 1.82) is 0 Å². The lowest BCUT2D eigenvalue weighted by molar-refractivity contribution is 0.270. The number of aromatic nitrogens is 1. The van der Waals surface area contributed by atoms with Crippen LogP contribution in [0.3, 0.4) is 0 Å². The number of nitrogens with zero attached hydrogens (tertiary/aromatic N) is 1. The average Bonchev–Trinajstić information content (AvgIpc) is 2.69. The van der Waals surface area contributed by atoms with E-state index in [1.165, 1.54) is 17.8 Å². The van der Waals surface area contributed by atoms with Crippen LogP contribution in [0.2, 0.25) is 0 Å². The monoisotopic (exact) mass is 238 g/mol. The first-order chi connectivity index (χ1) is 7.39. The van der Waals surface area contributed by atoms with Crippen LogP contribution in [0.5, 0.6) is 0 Å². The highest BCUT2D eigenvalue weighted by atomic mass is 32.1. The van der Waals surface area contributed by atoms with Gasteiger partial charge in [0, 0.05) is 11.1 Å². The van der Waals surface area contributed by atoms with E-state index in [-0.39, 0.29) is 5.54 Å². The fourth-order valence-corrected chi connectivity index (χ4v) is 4.41. The van der Waals surface area contributed by atoms with E-state index in [1.54, 1.807) is 11.3 Å².